The Morgan fingerprint density at radius 3 is 2.79 bits per heavy atom. The fourth-order valence-corrected chi connectivity index (χ4v) is 2.18. The molecule has 5 heteroatoms. The van der Waals surface area contributed by atoms with Crippen LogP contribution < -0.4 is 5.11 Å². The van der Waals surface area contributed by atoms with Gasteiger partial charge in [-0.25, -0.2) is 0 Å². The number of hydrogen-bond donors (Lipinski definition) is 0. The molecule has 0 saturated carbocycles. The quantitative estimate of drug-likeness (QED) is 0.667. The molecule has 0 spiro atoms. The molecule has 0 amide bonds. The minimum absolute atomic E-state index is 0.458. The van der Waals surface area contributed by atoms with Crippen molar-refractivity contribution in [1.82, 2.24) is 4.98 Å². The maximum absolute atomic E-state index is 10.5. The summed E-state index contributed by atoms with van der Waals surface area (Å²) in [6.07, 6.45) is 3.31. The monoisotopic (exact) mass is 207 g/mol. The summed E-state index contributed by atoms with van der Waals surface area (Å²) in [5.74, 6) is -0.651. The number of carbonyl (C=O) groups excluding carboxylic acids is 1. The first kappa shape index (κ1) is 9.21. The molecule has 2 rings (SSSR count). The minimum atomic E-state index is -1.11. The summed E-state index contributed by atoms with van der Waals surface area (Å²) >= 11 is 1.43. The molecule has 1 aromatic rings. The number of thioether (sulfide) groups is 1. The summed E-state index contributed by atoms with van der Waals surface area (Å²) in [4.78, 5) is 18.5. The van der Waals surface area contributed by atoms with Gasteiger partial charge in [0, 0.05) is 23.7 Å². The van der Waals surface area contributed by atoms with E-state index in [1.165, 1.54) is 11.8 Å². The molecule has 0 aromatic carbocycles. The predicted molar refractivity (Wildman–Crippen MR) is 52.0 cm³/mol. The molecule has 1 aromatic heterocycles. The Morgan fingerprint density at radius 2 is 2.21 bits per heavy atom. The number of aliphatic imine (C=N–C) groups is 1. The van der Waals surface area contributed by atoms with Crippen LogP contribution in [0.4, 0.5) is 0 Å². The number of pyridine rings is 1. The number of carboxylic acids is 1. The Labute approximate surface area is 85.1 Å². The van der Waals surface area contributed by atoms with Crippen LogP contribution in [0.25, 0.3) is 0 Å². The van der Waals surface area contributed by atoms with Crippen LogP contribution in [0, 0.1) is 0 Å². The zero-order valence-electron chi connectivity index (χ0n) is 7.21. The number of hydrogen-bond acceptors (Lipinski definition) is 5. The predicted octanol–water partition coefficient (Wildman–Crippen LogP) is -0.307. The largest absolute Gasteiger partial charge is 0.548 e. The highest BCUT2D eigenvalue weighted by Crippen LogP contribution is 2.22. The van der Waals surface area contributed by atoms with Crippen molar-refractivity contribution < 1.29 is 9.90 Å². The van der Waals surface area contributed by atoms with E-state index in [1.807, 2.05) is 12.1 Å². The van der Waals surface area contributed by atoms with Gasteiger partial charge < -0.3 is 9.90 Å². The average molecular weight is 207 g/mol. The molecule has 72 valence electrons. The van der Waals surface area contributed by atoms with Gasteiger partial charge in [0.25, 0.3) is 0 Å². The van der Waals surface area contributed by atoms with Crippen LogP contribution >= 0.6 is 11.8 Å². The first-order chi connectivity index (χ1) is 6.77. The number of carbonyl (C=O) groups is 1. The maximum Gasteiger partial charge on any atom is 0.100 e. The Morgan fingerprint density at radius 1 is 1.50 bits per heavy atom. The number of nitrogens with zero attached hydrogens (tertiary/aromatic N) is 2. The van der Waals surface area contributed by atoms with Gasteiger partial charge in [0.05, 0.1) is 11.0 Å². The van der Waals surface area contributed by atoms with Gasteiger partial charge in [-0.05, 0) is 12.1 Å². The van der Waals surface area contributed by atoms with Crippen LogP contribution in [0.3, 0.4) is 0 Å². The van der Waals surface area contributed by atoms with E-state index in [1.54, 1.807) is 12.4 Å². The maximum atomic E-state index is 10.5. The molecule has 0 fully saturated rings. The molecule has 0 radical (unpaired) electrons. The van der Waals surface area contributed by atoms with Gasteiger partial charge in [-0.15, -0.1) is 11.8 Å². The smallest absolute Gasteiger partial charge is 0.100 e. The normalized spacial score (nSPS) is 20.6. The van der Waals surface area contributed by atoms with E-state index in [0.29, 0.717) is 5.75 Å². The van der Waals surface area contributed by atoms with Crippen molar-refractivity contribution in [3.05, 3.63) is 30.1 Å². The number of aliphatic carboxylic acids is 1. The first-order valence-corrected chi connectivity index (χ1v) is 5.08. The van der Waals surface area contributed by atoms with Gasteiger partial charge in [-0.3, -0.25) is 9.98 Å². The van der Waals surface area contributed by atoms with E-state index in [4.69, 9.17) is 0 Å². The van der Waals surface area contributed by atoms with E-state index < -0.39 is 12.0 Å². The highest BCUT2D eigenvalue weighted by molar-refractivity contribution is 8.14. The molecule has 0 unspecified atom stereocenters. The third-order valence-corrected chi connectivity index (χ3v) is 2.95. The fourth-order valence-electron chi connectivity index (χ4n) is 1.15. The molecule has 1 aliphatic rings. The molecule has 0 N–H and O–H groups in total. The van der Waals surface area contributed by atoms with Gasteiger partial charge in [-0.2, -0.15) is 0 Å². The first-order valence-electron chi connectivity index (χ1n) is 4.09. The Kier molecular flexibility index (Phi) is 2.49. The fraction of sp³-hybridized carbons (Fsp3) is 0.222. The zero-order chi connectivity index (χ0) is 9.97. The lowest BCUT2D eigenvalue weighted by Crippen LogP contribution is -2.34. The second-order valence-corrected chi connectivity index (χ2v) is 3.82. The Bertz CT molecular complexity index is 378. The van der Waals surface area contributed by atoms with Gasteiger partial charge in [-0.1, -0.05) is 0 Å². The number of carboxylic acid groups (broad SMARTS) is 1. The van der Waals surface area contributed by atoms with Gasteiger partial charge in [0.2, 0.25) is 0 Å². The lowest BCUT2D eigenvalue weighted by Gasteiger charge is -2.04. The number of rotatable bonds is 2. The summed E-state index contributed by atoms with van der Waals surface area (Å²) in [5.41, 5.74) is 0.911. The summed E-state index contributed by atoms with van der Waals surface area (Å²) in [6.45, 7) is 0. The Balaban J connectivity index is 2.22. The minimum Gasteiger partial charge on any atom is -0.548 e. The van der Waals surface area contributed by atoms with Crippen LogP contribution in [0.5, 0.6) is 0 Å². The summed E-state index contributed by atoms with van der Waals surface area (Å²) in [6, 6.07) is 2.91. The molecule has 4 nitrogen and oxygen atoms in total. The van der Waals surface area contributed by atoms with Gasteiger partial charge >= 0.3 is 0 Å². The van der Waals surface area contributed by atoms with Crippen molar-refractivity contribution in [2.75, 3.05) is 5.75 Å². The van der Waals surface area contributed by atoms with Gasteiger partial charge in [0.15, 0.2) is 0 Å². The molecule has 0 aliphatic carbocycles. The van der Waals surface area contributed by atoms with E-state index >= 15 is 0 Å². The topological polar surface area (TPSA) is 65.4 Å². The van der Waals surface area contributed by atoms with E-state index in [0.717, 1.165) is 10.6 Å². The van der Waals surface area contributed by atoms with E-state index in [2.05, 4.69) is 9.98 Å². The third-order valence-electron chi connectivity index (χ3n) is 1.85. The lowest BCUT2D eigenvalue weighted by atomic mass is 10.3. The third kappa shape index (κ3) is 1.77. The van der Waals surface area contributed by atoms with Crippen molar-refractivity contribution in [2.24, 2.45) is 4.99 Å². The summed E-state index contributed by atoms with van der Waals surface area (Å²) < 4.78 is 0. The van der Waals surface area contributed by atoms with Crippen LogP contribution in [0.2, 0.25) is 0 Å². The molecule has 0 bridgehead atoms. The molecule has 14 heavy (non-hydrogen) atoms. The van der Waals surface area contributed by atoms with Crippen molar-refractivity contribution >= 4 is 22.8 Å². The second kappa shape index (κ2) is 3.79. The van der Waals surface area contributed by atoms with Crippen molar-refractivity contribution in [3.8, 4) is 0 Å². The summed E-state index contributed by atoms with van der Waals surface area (Å²) in [7, 11) is 0. The van der Waals surface area contributed by atoms with Crippen LogP contribution in [0.1, 0.15) is 5.56 Å². The standard InChI is InChI=1S/C9H8N2O2S/c12-9(13)7-5-14-8(11-7)6-1-3-10-4-2-6/h1-4,7H,5H2,(H,12,13)/p-1/t7-/m0/s1. The molecular weight excluding hydrogens is 200 g/mol. The molecule has 2 heterocycles. The molecule has 1 atom stereocenters. The number of aromatic nitrogens is 1. The average Bonchev–Trinajstić information content (AvgIpc) is 2.68. The Hall–Kier alpha value is -1.36. The van der Waals surface area contributed by atoms with Crippen LogP contribution in [0.15, 0.2) is 29.5 Å². The second-order valence-electron chi connectivity index (χ2n) is 2.82. The van der Waals surface area contributed by atoms with Crippen molar-refractivity contribution in [3.63, 3.8) is 0 Å². The summed E-state index contributed by atoms with van der Waals surface area (Å²) in [5, 5.41) is 11.3. The zero-order valence-corrected chi connectivity index (χ0v) is 8.03. The van der Waals surface area contributed by atoms with E-state index in [9.17, 15) is 9.90 Å². The molecular formula is C9H7N2O2S-. The van der Waals surface area contributed by atoms with Crippen LogP contribution in [-0.2, 0) is 4.79 Å². The lowest BCUT2D eigenvalue weighted by molar-refractivity contribution is -0.306. The van der Waals surface area contributed by atoms with E-state index in [-0.39, 0.29) is 0 Å². The highest BCUT2D eigenvalue weighted by Gasteiger charge is 2.19. The van der Waals surface area contributed by atoms with Crippen LogP contribution in [-0.4, -0.2) is 27.8 Å². The van der Waals surface area contributed by atoms with Gasteiger partial charge in [0.1, 0.15) is 6.04 Å². The molecule has 1 aliphatic heterocycles. The SMILES string of the molecule is O=C([O-])[C@@H]1CSC(c2ccncc2)=N1. The highest BCUT2D eigenvalue weighted by atomic mass is 32.2. The van der Waals surface area contributed by atoms with Crippen molar-refractivity contribution in [1.29, 1.82) is 0 Å². The molecule has 0 saturated heterocycles. The van der Waals surface area contributed by atoms with Crippen molar-refractivity contribution in [2.45, 2.75) is 6.04 Å².